The Labute approximate surface area is 279 Å². The summed E-state index contributed by atoms with van der Waals surface area (Å²) in [4.78, 5) is 43.4. The van der Waals surface area contributed by atoms with Gasteiger partial charge in [-0.25, -0.2) is 29.4 Å². The topological polar surface area (TPSA) is 171 Å². The minimum absolute atomic E-state index is 0.106. The van der Waals surface area contributed by atoms with Crippen molar-refractivity contribution in [2.24, 2.45) is 11.7 Å². The molecule has 0 unspecified atom stereocenters. The van der Waals surface area contributed by atoms with Gasteiger partial charge < -0.3 is 16.4 Å². The molecule has 6 heterocycles. The summed E-state index contributed by atoms with van der Waals surface area (Å²) in [6.07, 6.45) is 15.6. The van der Waals surface area contributed by atoms with Crippen LogP contribution in [0.15, 0.2) is 73.6 Å². The maximum Gasteiger partial charge on any atom is 0.339 e. The molecule has 1 fully saturated rings. The van der Waals surface area contributed by atoms with E-state index < -0.39 is 6.03 Å². The van der Waals surface area contributed by atoms with Crippen LogP contribution in [-0.4, -0.2) is 51.4 Å². The first-order chi connectivity index (χ1) is 22.8. The summed E-state index contributed by atoms with van der Waals surface area (Å²) in [6, 6.07) is 10.7. The molecule has 6 aromatic rings. The Bertz CT molecular complexity index is 1960. The summed E-state index contributed by atoms with van der Waals surface area (Å²) in [6.45, 7) is 3.98. The monoisotopic (exact) mass is 667 g/mol. The predicted molar refractivity (Wildman–Crippen MR) is 183 cm³/mol. The van der Waals surface area contributed by atoms with Gasteiger partial charge in [0.15, 0.2) is 10.3 Å². The summed E-state index contributed by atoms with van der Waals surface area (Å²) in [5.74, 6) is 1.70. The Morgan fingerprint density at radius 1 is 0.766 bits per heavy atom. The van der Waals surface area contributed by atoms with Crippen molar-refractivity contribution in [2.45, 2.75) is 46.0 Å². The third-order valence-corrected chi connectivity index (χ3v) is 9.28. The number of rotatable bonds is 7. The van der Waals surface area contributed by atoms with Crippen molar-refractivity contribution in [2.75, 3.05) is 10.6 Å². The second kappa shape index (κ2) is 14.4. The van der Waals surface area contributed by atoms with Gasteiger partial charge >= 0.3 is 6.03 Å². The first-order valence-electron chi connectivity index (χ1n) is 15.1. The molecule has 15 heteroatoms. The van der Waals surface area contributed by atoms with Gasteiger partial charge in [0.2, 0.25) is 5.91 Å². The van der Waals surface area contributed by atoms with Gasteiger partial charge in [-0.2, -0.15) is 14.9 Å². The molecule has 0 spiro atoms. The number of nitrogens with zero attached hydrogens (tertiary/aromatic N) is 8. The lowest BCUT2D eigenvalue weighted by Gasteiger charge is -2.19. The number of aromatic nitrogens is 8. The number of primary amides is 1. The number of thiazole rings is 2. The Kier molecular flexibility index (Phi) is 9.73. The van der Waals surface area contributed by atoms with Crippen LogP contribution in [0.2, 0.25) is 0 Å². The lowest BCUT2D eigenvalue weighted by molar-refractivity contribution is 0.0784. The quantitative estimate of drug-likeness (QED) is 0.160. The Balaban J connectivity index is 0.000000168. The maximum atomic E-state index is 12.6. The number of anilines is 4. The first-order valence-corrected chi connectivity index (χ1v) is 16.7. The van der Waals surface area contributed by atoms with Gasteiger partial charge in [0.1, 0.15) is 11.6 Å². The number of amides is 1. The summed E-state index contributed by atoms with van der Waals surface area (Å²) in [7, 11) is 0. The Morgan fingerprint density at radius 2 is 1.28 bits per heavy atom. The van der Waals surface area contributed by atoms with Crippen LogP contribution >= 0.6 is 22.7 Å². The third-order valence-electron chi connectivity index (χ3n) is 7.51. The second-order valence-corrected chi connectivity index (χ2v) is 13.3. The number of carbonyl (C=O) groups is 2. The largest absolute Gasteiger partial charge is 0.350 e. The number of carbonyl (C=O) groups excluding carboxylic acids is 2. The highest BCUT2D eigenvalue weighted by atomic mass is 32.1. The minimum Gasteiger partial charge on any atom is -0.350 e. The van der Waals surface area contributed by atoms with E-state index in [1.807, 2.05) is 56.4 Å². The molecule has 0 aromatic carbocycles. The van der Waals surface area contributed by atoms with Crippen LogP contribution in [0, 0.1) is 19.8 Å². The van der Waals surface area contributed by atoms with Crippen molar-refractivity contribution < 1.29 is 9.59 Å². The average molecular weight is 668 g/mol. The van der Waals surface area contributed by atoms with Crippen LogP contribution in [0.3, 0.4) is 0 Å². The fraction of sp³-hybridized carbons (Fsp3) is 0.250. The van der Waals surface area contributed by atoms with Crippen molar-refractivity contribution in [3.63, 3.8) is 0 Å². The van der Waals surface area contributed by atoms with Gasteiger partial charge in [-0.1, -0.05) is 31.4 Å². The normalized spacial score (nSPS) is 13.1. The highest BCUT2D eigenvalue weighted by Crippen LogP contribution is 2.33. The lowest BCUT2D eigenvalue weighted by Crippen LogP contribution is -2.24. The van der Waals surface area contributed by atoms with Crippen LogP contribution in [0.5, 0.6) is 0 Å². The van der Waals surface area contributed by atoms with E-state index in [2.05, 4.69) is 40.8 Å². The van der Waals surface area contributed by atoms with Crippen LogP contribution in [0.4, 0.5) is 26.7 Å². The average Bonchev–Trinajstić information content (AvgIpc) is 3.90. The molecule has 6 aromatic heterocycles. The fourth-order valence-electron chi connectivity index (χ4n) is 5.20. The molecule has 1 saturated carbocycles. The summed E-state index contributed by atoms with van der Waals surface area (Å²) < 4.78 is 2.58. The highest BCUT2D eigenvalue weighted by molar-refractivity contribution is 7.16. The molecule has 4 N–H and O–H groups in total. The van der Waals surface area contributed by atoms with E-state index in [4.69, 9.17) is 5.73 Å². The molecular formula is C32H33N11O2S2. The van der Waals surface area contributed by atoms with Gasteiger partial charge in [-0.15, -0.1) is 22.7 Å². The van der Waals surface area contributed by atoms with Crippen molar-refractivity contribution in [1.29, 1.82) is 0 Å². The van der Waals surface area contributed by atoms with E-state index in [0.29, 0.717) is 0 Å². The molecule has 1 aliphatic rings. The summed E-state index contributed by atoms with van der Waals surface area (Å²) >= 11 is 3.07. The molecule has 47 heavy (non-hydrogen) atoms. The zero-order valence-corrected chi connectivity index (χ0v) is 27.5. The zero-order valence-electron chi connectivity index (χ0n) is 25.8. The smallest absolute Gasteiger partial charge is 0.339 e. The molecule has 0 atom stereocenters. The molecule has 0 radical (unpaired) electrons. The van der Waals surface area contributed by atoms with E-state index in [9.17, 15) is 9.59 Å². The molecular weight excluding hydrogens is 635 g/mol. The summed E-state index contributed by atoms with van der Waals surface area (Å²) in [5, 5.41) is 16.1. The third kappa shape index (κ3) is 7.76. The fourth-order valence-corrected chi connectivity index (χ4v) is 6.88. The number of pyridine rings is 2. The van der Waals surface area contributed by atoms with Crippen molar-refractivity contribution in [3.05, 3.63) is 83.3 Å². The van der Waals surface area contributed by atoms with Crippen LogP contribution < -0.4 is 16.4 Å². The molecule has 1 amide bonds. The lowest BCUT2D eigenvalue weighted by atomic mass is 9.89. The molecule has 0 bridgehead atoms. The predicted octanol–water partition coefficient (Wildman–Crippen LogP) is 7.05. The van der Waals surface area contributed by atoms with E-state index in [0.717, 1.165) is 84.5 Å². The Hall–Kier alpha value is -5.28. The van der Waals surface area contributed by atoms with Crippen molar-refractivity contribution >= 4 is 56.5 Å². The molecule has 240 valence electrons. The molecule has 0 aliphatic heterocycles. The van der Waals surface area contributed by atoms with Crippen LogP contribution in [0.1, 0.15) is 46.7 Å². The zero-order chi connectivity index (χ0) is 32.8. The maximum absolute atomic E-state index is 12.6. The standard InChI is InChI=1S/C19H21N5OS.C13H12N6OS/c1-13-17(23-19(26-13)22-16-9-5-6-10-20-16)15-11-21-24(12-15)18(25)14-7-3-2-4-8-14;1-8-11(9-6-16-19(7-9)12(14)20)18-13(21-8)17-10-4-2-3-5-15-10/h5-6,9-12,14H,2-4,7-8H2,1H3,(H,20,22,23);2-7H,1H3,(H2,14,20)(H,15,17,18). The van der Waals surface area contributed by atoms with E-state index in [1.165, 1.54) is 22.4 Å². The van der Waals surface area contributed by atoms with Crippen LogP contribution in [0.25, 0.3) is 22.5 Å². The number of hydrogen-bond acceptors (Lipinski definition) is 12. The van der Waals surface area contributed by atoms with Gasteiger partial charge in [0, 0.05) is 51.6 Å². The Morgan fingerprint density at radius 3 is 1.74 bits per heavy atom. The molecule has 13 nitrogen and oxygen atoms in total. The number of aryl methyl sites for hydroxylation is 2. The van der Waals surface area contributed by atoms with E-state index in [1.54, 1.807) is 42.3 Å². The van der Waals surface area contributed by atoms with E-state index in [-0.39, 0.29) is 11.8 Å². The number of nitrogens with one attached hydrogen (secondary N) is 2. The molecule has 0 saturated heterocycles. The second-order valence-electron chi connectivity index (χ2n) is 10.9. The van der Waals surface area contributed by atoms with Crippen molar-refractivity contribution in [1.82, 2.24) is 39.5 Å². The van der Waals surface area contributed by atoms with Gasteiger partial charge in [0.05, 0.1) is 23.8 Å². The molecule has 1 aliphatic carbocycles. The molecule has 7 rings (SSSR count). The minimum atomic E-state index is -0.624. The van der Waals surface area contributed by atoms with Gasteiger partial charge in [0.25, 0.3) is 0 Å². The first kappa shape index (κ1) is 31.7. The van der Waals surface area contributed by atoms with Gasteiger partial charge in [-0.05, 0) is 51.0 Å². The SMILES string of the molecule is Cc1sc(Nc2ccccn2)nc1-c1cnn(C(=O)C2CCCCC2)c1.Cc1sc(Nc2ccccn2)nc1-c1cnn(C(N)=O)c1. The number of nitrogens with two attached hydrogens (primary N) is 1. The van der Waals surface area contributed by atoms with Crippen molar-refractivity contribution in [3.8, 4) is 22.5 Å². The van der Waals surface area contributed by atoms with Gasteiger partial charge in [-0.3, -0.25) is 4.79 Å². The van der Waals surface area contributed by atoms with E-state index >= 15 is 0 Å². The highest BCUT2D eigenvalue weighted by Gasteiger charge is 2.24. The van der Waals surface area contributed by atoms with Crippen LogP contribution in [-0.2, 0) is 0 Å². The summed E-state index contributed by atoms with van der Waals surface area (Å²) in [5.41, 5.74) is 8.42. The number of hydrogen-bond donors (Lipinski definition) is 3.